The molecule has 0 aliphatic carbocycles. The number of hydrogen-bond donors (Lipinski definition) is 12. The van der Waals surface area contributed by atoms with E-state index in [1.807, 2.05) is 6.26 Å². The van der Waals surface area contributed by atoms with Crippen LogP contribution >= 0.6 is 37.0 Å². The second kappa shape index (κ2) is 22.3. The molecule has 12 N–H and O–H groups in total. The summed E-state index contributed by atoms with van der Waals surface area (Å²) >= 11 is 9.50. The van der Waals surface area contributed by atoms with Crippen LogP contribution in [0, 0.1) is 0 Å². The predicted molar refractivity (Wildman–Crippen MR) is 170 cm³/mol. The summed E-state index contributed by atoms with van der Waals surface area (Å²) in [6.45, 7) is 0.00663. The van der Waals surface area contributed by atoms with Gasteiger partial charge in [-0.25, -0.2) is 4.79 Å². The highest BCUT2D eigenvalue weighted by molar-refractivity contribution is 7.98. The molecule has 256 valence electrons. The number of aliphatic hydroxyl groups is 1. The Morgan fingerprint density at radius 3 is 1.71 bits per heavy atom. The zero-order valence-electron chi connectivity index (χ0n) is 24.7. The first-order valence-electron chi connectivity index (χ1n) is 13.5. The average molecular weight is 699 g/mol. The van der Waals surface area contributed by atoms with Crippen molar-refractivity contribution in [2.45, 2.75) is 62.5 Å². The molecule has 0 aliphatic rings. The molecule has 0 spiro atoms. The summed E-state index contributed by atoms with van der Waals surface area (Å²) in [5.41, 5.74) is 10.9. The number of primary amides is 1. The average Bonchev–Trinajstić information content (AvgIpc) is 2.98. The van der Waals surface area contributed by atoms with Gasteiger partial charge >= 0.3 is 5.97 Å². The van der Waals surface area contributed by atoms with E-state index >= 15 is 0 Å². The summed E-state index contributed by atoms with van der Waals surface area (Å²) in [6.07, 6.45) is 0.156. The van der Waals surface area contributed by atoms with Crippen molar-refractivity contribution >= 4 is 84.3 Å². The van der Waals surface area contributed by atoms with Crippen LogP contribution in [-0.2, 0) is 38.4 Å². The number of carboxylic acid groups (broad SMARTS) is 1. The van der Waals surface area contributed by atoms with Gasteiger partial charge in [0.2, 0.25) is 41.4 Å². The lowest BCUT2D eigenvalue weighted by Gasteiger charge is -2.24. The Morgan fingerprint density at radius 2 is 1.24 bits per heavy atom. The highest BCUT2D eigenvalue weighted by atomic mass is 32.2. The highest BCUT2D eigenvalue weighted by Crippen LogP contribution is 2.02. The van der Waals surface area contributed by atoms with Crippen LogP contribution in [0.4, 0.5) is 0 Å². The summed E-state index contributed by atoms with van der Waals surface area (Å²) < 4.78 is 0. The topological polar surface area (TPSA) is 301 Å². The quantitative estimate of drug-likeness (QED) is 0.0473. The molecule has 0 aromatic carbocycles. The van der Waals surface area contributed by atoms with Gasteiger partial charge in [-0.15, -0.1) is 0 Å². The molecule has 21 heteroatoms. The first-order chi connectivity index (χ1) is 21.1. The van der Waals surface area contributed by atoms with Crippen molar-refractivity contribution in [2.24, 2.45) is 11.5 Å². The van der Waals surface area contributed by atoms with Crippen molar-refractivity contribution in [1.82, 2.24) is 31.9 Å². The first-order valence-corrected chi connectivity index (χ1v) is 16.1. The third-order valence-corrected chi connectivity index (χ3v) is 7.22. The Hall–Kier alpha value is -3.27. The van der Waals surface area contributed by atoms with Crippen molar-refractivity contribution in [2.75, 3.05) is 36.6 Å². The minimum atomic E-state index is -1.68. The minimum Gasteiger partial charge on any atom is -0.480 e. The molecule has 0 heterocycles. The number of carboxylic acids is 1. The van der Waals surface area contributed by atoms with E-state index in [2.05, 4.69) is 57.2 Å². The number of amides is 7. The van der Waals surface area contributed by atoms with E-state index in [0.717, 1.165) is 6.92 Å². The molecular weight excluding hydrogens is 657 g/mol. The monoisotopic (exact) mass is 698 g/mol. The summed E-state index contributed by atoms with van der Waals surface area (Å²) in [4.78, 5) is 97.3. The molecule has 0 saturated heterocycles. The number of nitrogens with two attached hydrogens (primary N) is 2. The standard InChI is InChI=1S/C24H42N8O10S3/c1-11(33)19(24(41)42)32-23(40)15(10-44)31-22(39)13(3-4-16(26)34)29-17(35)8-28-21(38)14(9-43)30-18(36)7-27-20(37)12(25)5-6-45-2/h11-15,19,33,43-44H,3-10,25H2,1-2H3,(H2,26,34)(H,27,37)(H,28,38)(H,29,35)(H,30,36)(H,31,39)(H,32,40)(H,41,42)/t11-,12+,13+,14+,15+,19+/m1/s1. The molecule has 0 saturated carbocycles. The Balaban J connectivity index is 5.18. The molecule has 0 radical (unpaired) electrons. The lowest BCUT2D eigenvalue weighted by atomic mass is 10.1. The van der Waals surface area contributed by atoms with Gasteiger partial charge in [-0.2, -0.15) is 37.0 Å². The normalized spacial score (nSPS) is 14.7. The molecule has 0 aliphatic heterocycles. The number of nitrogens with one attached hydrogen (secondary N) is 6. The second-order valence-electron chi connectivity index (χ2n) is 9.56. The molecule has 45 heavy (non-hydrogen) atoms. The number of thiol groups is 2. The van der Waals surface area contributed by atoms with Gasteiger partial charge in [0, 0.05) is 17.9 Å². The summed E-state index contributed by atoms with van der Waals surface area (Å²) in [5, 5.41) is 32.4. The number of rotatable bonds is 22. The summed E-state index contributed by atoms with van der Waals surface area (Å²) in [6, 6.07) is -6.50. The molecule has 6 atom stereocenters. The van der Waals surface area contributed by atoms with Crippen LogP contribution in [-0.4, -0.2) is 130 Å². The minimum absolute atomic E-state index is 0.172. The van der Waals surface area contributed by atoms with Gasteiger partial charge in [0.1, 0.15) is 18.1 Å². The molecule has 0 bridgehead atoms. The Kier molecular flexibility index (Phi) is 20.7. The summed E-state index contributed by atoms with van der Waals surface area (Å²) in [5.74, 6) is -7.05. The van der Waals surface area contributed by atoms with Crippen molar-refractivity contribution in [3.05, 3.63) is 0 Å². The Bertz CT molecular complexity index is 1070. The van der Waals surface area contributed by atoms with E-state index in [1.54, 1.807) is 0 Å². The largest absolute Gasteiger partial charge is 0.480 e. The molecule has 18 nitrogen and oxygen atoms in total. The highest BCUT2D eigenvalue weighted by Gasteiger charge is 2.31. The maximum Gasteiger partial charge on any atom is 0.328 e. The number of thioether (sulfide) groups is 1. The van der Waals surface area contributed by atoms with Gasteiger partial charge < -0.3 is 53.6 Å². The van der Waals surface area contributed by atoms with E-state index in [9.17, 15) is 43.5 Å². The molecule has 0 aromatic heterocycles. The van der Waals surface area contributed by atoms with E-state index < -0.39 is 96.7 Å². The van der Waals surface area contributed by atoms with Crippen molar-refractivity contribution in [3.63, 3.8) is 0 Å². The second-order valence-corrected chi connectivity index (χ2v) is 11.3. The fourth-order valence-electron chi connectivity index (χ4n) is 3.31. The smallest absolute Gasteiger partial charge is 0.328 e. The van der Waals surface area contributed by atoms with E-state index in [0.29, 0.717) is 12.2 Å². The van der Waals surface area contributed by atoms with Crippen molar-refractivity contribution in [1.29, 1.82) is 0 Å². The molecule has 0 unspecified atom stereocenters. The maximum atomic E-state index is 12.9. The predicted octanol–water partition coefficient (Wildman–Crippen LogP) is -5.17. The van der Waals surface area contributed by atoms with E-state index in [1.165, 1.54) is 11.8 Å². The first kappa shape index (κ1) is 41.7. The lowest BCUT2D eigenvalue weighted by Crippen LogP contribution is -2.58. The van der Waals surface area contributed by atoms with Gasteiger partial charge in [-0.05, 0) is 31.8 Å². The van der Waals surface area contributed by atoms with Crippen LogP contribution in [0.2, 0.25) is 0 Å². The van der Waals surface area contributed by atoms with Crippen molar-refractivity contribution in [3.8, 4) is 0 Å². The van der Waals surface area contributed by atoms with Crippen LogP contribution in [0.25, 0.3) is 0 Å². The molecule has 7 amide bonds. The van der Waals surface area contributed by atoms with Gasteiger partial charge in [0.15, 0.2) is 6.04 Å². The van der Waals surface area contributed by atoms with Crippen LogP contribution < -0.4 is 43.4 Å². The third kappa shape index (κ3) is 17.1. The SMILES string of the molecule is CSCC[C@H](N)C(=O)NCC(=O)N[C@@H](CS)C(=O)NCC(=O)N[C@@H](CCC(N)=O)C(=O)N[C@@H](CS)C(=O)N[C@H](C(=O)O)[C@@H](C)O. The van der Waals surface area contributed by atoms with E-state index in [4.69, 9.17) is 16.6 Å². The maximum absolute atomic E-state index is 12.9. The fraction of sp³-hybridized carbons (Fsp3) is 0.667. The number of aliphatic hydroxyl groups excluding tert-OH is 1. The number of aliphatic carboxylic acids is 1. The van der Waals surface area contributed by atoms with Gasteiger partial charge in [0.25, 0.3) is 0 Å². The Morgan fingerprint density at radius 1 is 0.756 bits per heavy atom. The van der Waals surface area contributed by atoms with Gasteiger partial charge in [-0.1, -0.05) is 0 Å². The number of carbonyl (C=O) groups is 8. The zero-order chi connectivity index (χ0) is 34.7. The van der Waals surface area contributed by atoms with Crippen LogP contribution in [0.3, 0.4) is 0 Å². The third-order valence-electron chi connectivity index (χ3n) is 5.84. The summed E-state index contributed by atoms with van der Waals surface area (Å²) in [7, 11) is 0. The van der Waals surface area contributed by atoms with Crippen LogP contribution in [0.15, 0.2) is 0 Å². The number of carbonyl (C=O) groups excluding carboxylic acids is 7. The Labute approximate surface area is 274 Å². The molecular formula is C24H42N8O10S3. The number of hydrogen-bond acceptors (Lipinski definition) is 13. The van der Waals surface area contributed by atoms with Crippen LogP contribution in [0.1, 0.15) is 26.2 Å². The van der Waals surface area contributed by atoms with Gasteiger partial charge in [0.05, 0.1) is 25.2 Å². The zero-order valence-corrected chi connectivity index (χ0v) is 27.3. The van der Waals surface area contributed by atoms with E-state index in [-0.39, 0.29) is 24.3 Å². The van der Waals surface area contributed by atoms with Crippen molar-refractivity contribution < 1.29 is 48.6 Å². The fourth-order valence-corrected chi connectivity index (χ4v) is 4.32. The molecule has 0 aromatic rings. The molecule has 0 fully saturated rings. The lowest BCUT2D eigenvalue weighted by molar-refractivity contribution is -0.145. The van der Waals surface area contributed by atoms with Crippen LogP contribution in [0.5, 0.6) is 0 Å². The van der Waals surface area contributed by atoms with Gasteiger partial charge in [-0.3, -0.25) is 33.6 Å². The molecule has 0 rings (SSSR count).